The fraction of sp³-hybridized carbons (Fsp3) is 1.00. The Bertz CT molecular complexity index is 173. The number of rotatable bonds is 15. The van der Waals surface area contributed by atoms with Crippen LogP contribution < -0.4 is 0 Å². The first-order valence-electron chi connectivity index (χ1n) is 9.72. The van der Waals surface area contributed by atoms with Crippen LogP contribution in [0.15, 0.2) is 0 Å². The van der Waals surface area contributed by atoms with Crippen molar-refractivity contribution in [3.63, 3.8) is 0 Å². The third-order valence-corrected chi connectivity index (χ3v) is 5.13. The molecule has 0 N–H and O–H groups in total. The fourth-order valence-electron chi connectivity index (χ4n) is 2.99. The number of hydrogen-bond acceptors (Lipinski definition) is 0. The predicted molar refractivity (Wildman–Crippen MR) is 94.3 cm³/mol. The lowest BCUT2D eigenvalue weighted by Crippen LogP contribution is -2.06. The van der Waals surface area contributed by atoms with Gasteiger partial charge in [0.05, 0.1) is 0 Å². The van der Waals surface area contributed by atoms with E-state index in [1.54, 1.807) is 0 Å². The van der Waals surface area contributed by atoms with E-state index in [1.807, 2.05) is 0 Å². The van der Waals surface area contributed by atoms with E-state index in [1.165, 1.54) is 89.9 Å². The van der Waals surface area contributed by atoms with E-state index in [2.05, 4.69) is 27.7 Å². The molecule has 0 amide bonds. The summed E-state index contributed by atoms with van der Waals surface area (Å²) in [4.78, 5) is 0. The van der Waals surface area contributed by atoms with Gasteiger partial charge in [-0.25, -0.2) is 0 Å². The largest absolute Gasteiger partial charge is 0.0654 e. The Morgan fingerprint density at radius 2 is 0.900 bits per heavy atom. The lowest BCUT2D eigenvalue weighted by Gasteiger charge is -2.17. The molecular formula is C20H42. The van der Waals surface area contributed by atoms with Crippen molar-refractivity contribution in [3.8, 4) is 0 Å². The molecule has 0 bridgehead atoms. The van der Waals surface area contributed by atoms with E-state index in [-0.39, 0.29) is 0 Å². The van der Waals surface area contributed by atoms with Crippen LogP contribution in [0, 0.1) is 11.8 Å². The van der Waals surface area contributed by atoms with Crippen LogP contribution in [0.25, 0.3) is 0 Å². The number of hydrogen-bond donors (Lipinski definition) is 0. The molecule has 0 spiro atoms. The van der Waals surface area contributed by atoms with Crippen molar-refractivity contribution in [2.75, 3.05) is 0 Å². The van der Waals surface area contributed by atoms with E-state index >= 15 is 0 Å². The Kier molecular flexibility index (Phi) is 15.4. The van der Waals surface area contributed by atoms with E-state index in [4.69, 9.17) is 0 Å². The summed E-state index contributed by atoms with van der Waals surface area (Å²) in [6, 6.07) is 0. The molecule has 0 saturated heterocycles. The highest BCUT2D eigenvalue weighted by atomic mass is 14.1. The quantitative estimate of drug-likeness (QED) is 0.269. The Morgan fingerprint density at radius 3 is 1.30 bits per heavy atom. The van der Waals surface area contributed by atoms with E-state index in [9.17, 15) is 0 Å². The normalized spacial score (nSPS) is 14.4. The summed E-state index contributed by atoms with van der Waals surface area (Å²) in [5.74, 6) is 1.85. The van der Waals surface area contributed by atoms with Crippen LogP contribution in [0.2, 0.25) is 0 Å². The fourth-order valence-corrected chi connectivity index (χ4v) is 2.99. The van der Waals surface area contributed by atoms with Crippen LogP contribution in [0.5, 0.6) is 0 Å². The van der Waals surface area contributed by atoms with Crippen molar-refractivity contribution in [2.24, 2.45) is 11.8 Å². The van der Waals surface area contributed by atoms with Gasteiger partial charge in [-0.3, -0.25) is 0 Å². The van der Waals surface area contributed by atoms with Crippen LogP contribution in [0.4, 0.5) is 0 Å². The molecule has 0 fully saturated rings. The zero-order chi connectivity index (χ0) is 15.1. The molecule has 0 aliphatic carbocycles. The molecule has 0 aliphatic rings. The van der Waals surface area contributed by atoms with Gasteiger partial charge in [-0.1, -0.05) is 118 Å². The van der Waals surface area contributed by atoms with Gasteiger partial charge in [0.15, 0.2) is 0 Å². The van der Waals surface area contributed by atoms with Crippen molar-refractivity contribution >= 4 is 0 Å². The zero-order valence-corrected chi connectivity index (χ0v) is 15.1. The highest BCUT2D eigenvalue weighted by Crippen LogP contribution is 2.21. The van der Waals surface area contributed by atoms with E-state index in [0.29, 0.717) is 0 Å². The van der Waals surface area contributed by atoms with Crippen molar-refractivity contribution in [1.29, 1.82) is 0 Å². The summed E-state index contributed by atoms with van der Waals surface area (Å²) in [6.07, 6.45) is 20.4. The molecule has 0 rings (SSSR count). The molecule has 0 radical (unpaired) electrons. The second-order valence-corrected chi connectivity index (χ2v) is 7.04. The first-order valence-corrected chi connectivity index (χ1v) is 9.72. The van der Waals surface area contributed by atoms with Crippen molar-refractivity contribution < 1.29 is 0 Å². The minimum Gasteiger partial charge on any atom is -0.0654 e. The molecule has 0 aliphatic heterocycles. The minimum absolute atomic E-state index is 0.919. The van der Waals surface area contributed by atoms with E-state index in [0.717, 1.165) is 11.8 Å². The van der Waals surface area contributed by atoms with Gasteiger partial charge in [-0.2, -0.15) is 0 Å². The molecule has 0 nitrogen and oxygen atoms in total. The van der Waals surface area contributed by atoms with Gasteiger partial charge >= 0.3 is 0 Å². The van der Waals surface area contributed by atoms with Crippen molar-refractivity contribution in [3.05, 3.63) is 0 Å². The van der Waals surface area contributed by atoms with Crippen LogP contribution in [0.3, 0.4) is 0 Å². The van der Waals surface area contributed by atoms with Crippen LogP contribution >= 0.6 is 0 Å². The molecule has 0 aromatic heterocycles. The molecule has 20 heavy (non-hydrogen) atoms. The lowest BCUT2D eigenvalue weighted by atomic mass is 9.89. The molecule has 0 heteroatoms. The summed E-state index contributed by atoms with van der Waals surface area (Å²) in [5, 5.41) is 0. The monoisotopic (exact) mass is 282 g/mol. The zero-order valence-electron chi connectivity index (χ0n) is 15.1. The molecule has 2 unspecified atom stereocenters. The molecule has 0 heterocycles. The Hall–Kier alpha value is 0. The third-order valence-electron chi connectivity index (χ3n) is 5.13. The van der Waals surface area contributed by atoms with Gasteiger partial charge in [0.1, 0.15) is 0 Å². The van der Waals surface area contributed by atoms with Gasteiger partial charge in [0.25, 0.3) is 0 Å². The summed E-state index contributed by atoms with van der Waals surface area (Å²) >= 11 is 0. The SMILES string of the molecule is CCCCCCCCCCCCCCC(C)C(C)CC. The van der Waals surface area contributed by atoms with Gasteiger partial charge in [0.2, 0.25) is 0 Å². The smallest absolute Gasteiger partial charge is 0.0417 e. The van der Waals surface area contributed by atoms with Crippen molar-refractivity contribution in [1.82, 2.24) is 0 Å². The highest BCUT2D eigenvalue weighted by Gasteiger charge is 2.08. The first-order chi connectivity index (χ1) is 9.72. The minimum atomic E-state index is 0.919. The first kappa shape index (κ1) is 20.0. The standard InChI is InChI=1S/C20H42/c1-5-7-8-9-10-11-12-13-14-15-16-17-18-20(4)19(3)6-2/h19-20H,5-18H2,1-4H3. The summed E-state index contributed by atoms with van der Waals surface area (Å²) in [5.41, 5.74) is 0. The molecule has 2 atom stereocenters. The average Bonchev–Trinajstić information content (AvgIpc) is 2.47. The molecular weight excluding hydrogens is 240 g/mol. The van der Waals surface area contributed by atoms with Gasteiger partial charge in [-0.05, 0) is 11.8 Å². The van der Waals surface area contributed by atoms with Gasteiger partial charge in [0, 0.05) is 0 Å². The maximum absolute atomic E-state index is 2.44. The van der Waals surface area contributed by atoms with E-state index < -0.39 is 0 Å². The molecule has 122 valence electrons. The highest BCUT2D eigenvalue weighted by molar-refractivity contribution is 4.60. The third kappa shape index (κ3) is 13.0. The second kappa shape index (κ2) is 15.4. The molecule has 0 aromatic carbocycles. The second-order valence-electron chi connectivity index (χ2n) is 7.04. The lowest BCUT2D eigenvalue weighted by molar-refractivity contribution is 0.342. The Balaban J connectivity index is 3.10. The number of unbranched alkanes of at least 4 members (excludes halogenated alkanes) is 11. The van der Waals surface area contributed by atoms with Crippen LogP contribution in [-0.2, 0) is 0 Å². The van der Waals surface area contributed by atoms with Crippen molar-refractivity contribution in [2.45, 2.75) is 118 Å². The molecule has 0 saturated carbocycles. The average molecular weight is 283 g/mol. The Morgan fingerprint density at radius 1 is 0.500 bits per heavy atom. The maximum Gasteiger partial charge on any atom is -0.0417 e. The van der Waals surface area contributed by atoms with Gasteiger partial charge in [-0.15, -0.1) is 0 Å². The maximum atomic E-state index is 2.44. The summed E-state index contributed by atoms with van der Waals surface area (Å²) in [6.45, 7) is 9.46. The van der Waals surface area contributed by atoms with Gasteiger partial charge < -0.3 is 0 Å². The Labute approximate surface area is 130 Å². The van der Waals surface area contributed by atoms with Crippen LogP contribution in [0.1, 0.15) is 118 Å². The van der Waals surface area contributed by atoms with Crippen LogP contribution in [-0.4, -0.2) is 0 Å². The topological polar surface area (TPSA) is 0 Å². The summed E-state index contributed by atoms with van der Waals surface area (Å²) in [7, 11) is 0. The summed E-state index contributed by atoms with van der Waals surface area (Å²) < 4.78 is 0. The molecule has 0 aromatic rings. The predicted octanol–water partition coefficient (Wildman–Crippen LogP) is 7.76.